The highest BCUT2D eigenvalue weighted by molar-refractivity contribution is 7.89. The average Bonchev–Trinajstić information content (AvgIpc) is 2.67. The van der Waals surface area contributed by atoms with Gasteiger partial charge in [-0.25, -0.2) is 13.1 Å². The van der Waals surface area contributed by atoms with E-state index in [1.807, 2.05) is 24.3 Å². The molecule has 1 aliphatic rings. The zero-order valence-corrected chi connectivity index (χ0v) is 16.3. The number of nitrogens with zero attached hydrogens (tertiary/aromatic N) is 2. The van der Waals surface area contributed by atoms with Crippen molar-refractivity contribution in [2.24, 2.45) is 0 Å². The van der Waals surface area contributed by atoms with Crippen molar-refractivity contribution in [1.82, 2.24) is 14.6 Å². The first-order valence-electron chi connectivity index (χ1n) is 9.22. The van der Waals surface area contributed by atoms with E-state index < -0.39 is 10.0 Å². The van der Waals surface area contributed by atoms with Gasteiger partial charge < -0.3 is 4.90 Å². The molecule has 0 bridgehead atoms. The van der Waals surface area contributed by atoms with Crippen LogP contribution < -0.4 is 4.72 Å². The summed E-state index contributed by atoms with van der Waals surface area (Å²) in [7, 11) is -3.59. The molecule has 6 nitrogen and oxygen atoms in total. The molecule has 1 aromatic heterocycles. The highest BCUT2D eigenvalue weighted by Crippen LogP contribution is 2.24. The Labute approximate surface area is 160 Å². The fraction of sp³-hybridized carbons (Fsp3) is 0.400. The fourth-order valence-electron chi connectivity index (χ4n) is 3.31. The molecular formula is C20H25N3O3S. The lowest BCUT2D eigenvalue weighted by Crippen LogP contribution is -2.37. The molecule has 0 saturated heterocycles. The summed E-state index contributed by atoms with van der Waals surface area (Å²) in [5.41, 5.74) is 3.15. The largest absolute Gasteiger partial charge is 0.336 e. The molecule has 1 aromatic carbocycles. The summed E-state index contributed by atoms with van der Waals surface area (Å²) in [6.45, 7) is 2.28. The molecule has 144 valence electrons. The Hall–Kier alpha value is -2.25. The lowest BCUT2D eigenvalue weighted by Gasteiger charge is -2.21. The van der Waals surface area contributed by atoms with Gasteiger partial charge in [0.1, 0.15) is 0 Å². The van der Waals surface area contributed by atoms with Crippen LogP contribution in [0, 0.1) is 0 Å². The SMILES string of the molecule is CC(=O)N(CCNS(=O)(=O)c1ccc2c(c1)CCCC2)Cc1ccccn1. The Morgan fingerprint density at radius 2 is 1.93 bits per heavy atom. The van der Waals surface area contributed by atoms with Gasteiger partial charge in [0.2, 0.25) is 15.9 Å². The molecule has 0 aliphatic heterocycles. The number of benzene rings is 1. The van der Waals surface area contributed by atoms with Gasteiger partial charge >= 0.3 is 0 Å². The van der Waals surface area contributed by atoms with Crippen LogP contribution in [0.25, 0.3) is 0 Å². The normalized spacial score (nSPS) is 13.8. The van der Waals surface area contributed by atoms with E-state index in [0.29, 0.717) is 11.4 Å². The van der Waals surface area contributed by atoms with Gasteiger partial charge in [-0.1, -0.05) is 12.1 Å². The zero-order valence-electron chi connectivity index (χ0n) is 15.5. The van der Waals surface area contributed by atoms with Crippen molar-refractivity contribution in [2.75, 3.05) is 13.1 Å². The summed E-state index contributed by atoms with van der Waals surface area (Å²) >= 11 is 0. The molecule has 0 fully saturated rings. The number of hydrogen-bond acceptors (Lipinski definition) is 4. The van der Waals surface area contributed by atoms with Crippen molar-refractivity contribution < 1.29 is 13.2 Å². The molecule has 1 N–H and O–H groups in total. The average molecular weight is 388 g/mol. The number of sulfonamides is 1. The van der Waals surface area contributed by atoms with Crippen molar-refractivity contribution in [3.63, 3.8) is 0 Å². The molecule has 2 aromatic rings. The number of aryl methyl sites for hydroxylation is 2. The molecule has 0 spiro atoms. The summed E-state index contributed by atoms with van der Waals surface area (Å²) < 4.78 is 27.8. The van der Waals surface area contributed by atoms with Crippen LogP contribution in [-0.4, -0.2) is 37.3 Å². The molecule has 7 heteroatoms. The minimum Gasteiger partial charge on any atom is -0.336 e. The predicted octanol–water partition coefficient (Wildman–Crippen LogP) is 2.29. The Kier molecular flexibility index (Phi) is 6.23. The minimum absolute atomic E-state index is 0.117. The number of fused-ring (bicyclic) bond motifs is 1. The second-order valence-electron chi connectivity index (χ2n) is 6.80. The summed E-state index contributed by atoms with van der Waals surface area (Å²) in [5.74, 6) is -0.117. The molecule has 1 heterocycles. The molecule has 1 aliphatic carbocycles. The third-order valence-corrected chi connectivity index (χ3v) is 6.29. The van der Waals surface area contributed by atoms with Crippen LogP contribution in [0.1, 0.15) is 36.6 Å². The first kappa shape index (κ1) is 19.5. The number of hydrogen-bond donors (Lipinski definition) is 1. The highest BCUT2D eigenvalue weighted by atomic mass is 32.2. The monoisotopic (exact) mass is 387 g/mol. The van der Waals surface area contributed by atoms with E-state index in [4.69, 9.17) is 0 Å². The summed E-state index contributed by atoms with van der Waals surface area (Å²) in [5, 5.41) is 0. The number of amides is 1. The quantitative estimate of drug-likeness (QED) is 0.791. The van der Waals surface area contributed by atoms with E-state index >= 15 is 0 Å². The van der Waals surface area contributed by atoms with E-state index in [1.165, 1.54) is 12.5 Å². The first-order chi connectivity index (χ1) is 13.0. The maximum atomic E-state index is 12.6. The van der Waals surface area contributed by atoms with Gasteiger partial charge in [-0.2, -0.15) is 0 Å². The molecule has 0 radical (unpaired) electrons. The van der Waals surface area contributed by atoms with Gasteiger partial charge in [0.05, 0.1) is 17.1 Å². The van der Waals surface area contributed by atoms with E-state index in [-0.39, 0.29) is 19.0 Å². The second-order valence-corrected chi connectivity index (χ2v) is 8.56. The van der Waals surface area contributed by atoms with Crippen molar-refractivity contribution in [2.45, 2.75) is 44.0 Å². The number of rotatable bonds is 7. The van der Waals surface area contributed by atoms with Crippen LogP contribution in [0.5, 0.6) is 0 Å². The number of carbonyl (C=O) groups is 1. The molecule has 27 heavy (non-hydrogen) atoms. The number of carbonyl (C=O) groups excluding carboxylic acids is 1. The second kappa shape index (κ2) is 8.63. The Morgan fingerprint density at radius 3 is 2.63 bits per heavy atom. The minimum atomic E-state index is -3.59. The molecule has 0 atom stereocenters. The standard InChI is InChI=1S/C20H25N3O3S/c1-16(24)23(15-19-8-4-5-11-21-19)13-12-22-27(25,26)20-10-9-17-6-2-3-7-18(17)14-20/h4-5,8-11,14,22H,2-3,6-7,12-13,15H2,1H3. The van der Waals surface area contributed by atoms with Crippen molar-refractivity contribution >= 4 is 15.9 Å². The van der Waals surface area contributed by atoms with Crippen molar-refractivity contribution in [3.05, 3.63) is 59.4 Å². The number of aromatic nitrogens is 1. The molecule has 0 unspecified atom stereocenters. The first-order valence-corrected chi connectivity index (χ1v) is 10.7. The van der Waals surface area contributed by atoms with Gasteiger partial charge in [-0.15, -0.1) is 0 Å². The van der Waals surface area contributed by atoms with Gasteiger partial charge in [0.15, 0.2) is 0 Å². The molecule has 3 rings (SSSR count). The van der Waals surface area contributed by atoms with Crippen LogP contribution in [-0.2, 0) is 34.2 Å². The maximum absolute atomic E-state index is 12.6. The highest BCUT2D eigenvalue weighted by Gasteiger charge is 2.18. The third kappa shape index (κ3) is 5.14. The summed E-state index contributed by atoms with van der Waals surface area (Å²) in [4.78, 5) is 17.9. The van der Waals surface area contributed by atoms with Crippen molar-refractivity contribution in [1.29, 1.82) is 0 Å². The van der Waals surface area contributed by atoms with Gasteiger partial charge in [0.25, 0.3) is 0 Å². The van der Waals surface area contributed by atoms with Crippen LogP contribution >= 0.6 is 0 Å². The summed E-state index contributed by atoms with van der Waals surface area (Å²) in [6, 6.07) is 10.9. The number of nitrogens with one attached hydrogen (secondary N) is 1. The van der Waals surface area contributed by atoms with E-state index in [0.717, 1.165) is 36.9 Å². The molecule has 1 amide bonds. The molecular weight excluding hydrogens is 362 g/mol. The lowest BCUT2D eigenvalue weighted by atomic mass is 9.92. The molecule has 0 saturated carbocycles. The number of pyridine rings is 1. The Balaban J connectivity index is 1.61. The maximum Gasteiger partial charge on any atom is 0.240 e. The van der Waals surface area contributed by atoms with E-state index in [1.54, 1.807) is 23.2 Å². The van der Waals surface area contributed by atoms with E-state index in [2.05, 4.69) is 9.71 Å². The van der Waals surface area contributed by atoms with Crippen LogP contribution in [0.4, 0.5) is 0 Å². The van der Waals surface area contributed by atoms with Gasteiger partial charge in [-0.05, 0) is 61.1 Å². The Morgan fingerprint density at radius 1 is 1.15 bits per heavy atom. The van der Waals surface area contributed by atoms with E-state index in [9.17, 15) is 13.2 Å². The fourth-order valence-corrected chi connectivity index (χ4v) is 4.38. The predicted molar refractivity (Wildman–Crippen MR) is 104 cm³/mol. The topological polar surface area (TPSA) is 79.4 Å². The van der Waals surface area contributed by atoms with Gasteiger partial charge in [0, 0.05) is 26.2 Å². The Bertz CT molecular complexity index is 898. The van der Waals surface area contributed by atoms with Crippen LogP contribution in [0.15, 0.2) is 47.5 Å². The zero-order chi connectivity index (χ0) is 19.3. The van der Waals surface area contributed by atoms with Crippen LogP contribution in [0.2, 0.25) is 0 Å². The summed E-state index contributed by atoms with van der Waals surface area (Å²) in [6.07, 6.45) is 5.89. The van der Waals surface area contributed by atoms with Gasteiger partial charge in [-0.3, -0.25) is 9.78 Å². The van der Waals surface area contributed by atoms with Crippen LogP contribution in [0.3, 0.4) is 0 Å². The lowest BCUT2D eigenvalue weighted by molar-refractivity contribution is -0.129. The smallest absolute Gasteiger partial charge is 0.240 e. The third-order valence-electron chi connectivity index (χ3n) is 4.83. The van der Waals surface area contributed by atoms with Crippen molar-refractivity contribution in [3.8, 4) is 0 Å².